The standard InChI is InChI=1S/C15H23N3O/c1-12-3-4-14-11-17(10-13-8-16-9-13)18(5-6-19-2)15(14)7-12/h3-4,7,13,16H,5-6,8-11H2,1-2H3. The zero-order valence-electron chi connectivity index (χ0n) is 11.9. The lowest BCUT2D eigenvalue weighted by Gasteiger charge is -2.36. The van der Waals surface area contributed by atoms with Gasteiger partial charge in [-0.3, -0.25) is 0 Å². The van der Waals surface area contributed by atoms with Gasteiger partial charge in [0.2, 0.25) is 0 Å². The summed E-state index contributed by atoms with van der Waals surface area (Å²) in [7, 11) is 1.77. The van der Waals surface area contributed by atoms with Crippen molar-refractivity contribution in [2.45, 2.75) is 13.5 Å². The number of hydrogen-bond donors (Lipinski definition) is 1. The third-order valence-corrected chi connectivity index (χ3v) is 4.06. The van der Waals surface area contributed by atoms with E-state index in [1.54, 1.807) is 7.11 Å². The zero-order chi connectivity index (χ0) is 13.2. The molecule has 0 atom stereocenters. The molecular formula is C15H23N3O. The van der Waals surface area contributed by atoms with Crippen LogP contribution in [0.15, 0.2) is 18.2 Å². The molecule has 1 fully saturated rings. The van der Waals surface area contributed by atoms with Crippen LogP contribution in [0.1, 0.15) is 11.1 Å². The van der Waals surface area contributed by atoms with Crippen molar-refractivity contribution < 1.29 is 4.74 Å². The Morgan fingerprint density at radius 3 is 2.89 bits per heavy atom. The monoisotopic (exact) mass is 261 g/mol. The summed E-state index contributed by atoms with van der Waals surface area (Å²) in [4.78, 5) is 0. The average Bonchev–Trinajstić information content (AvgIpc) is 2.68. The Balaban J connectivity index is 1.77. The van der Waals surface area contributed by atoms with Gasteiger partial charge in [-0.1, -0.05) is 12.1 Å². The molecule has 3 rings (SSSR count). The third-order valence-electron chi connectivity index (χ3n) is 4.06. The molecular weight excluding hydrogens is 238 g/mol. The van der Waals surface area contributed by atoms with Crippen LogP contribution in [0.4, 0.5) is 5.69 Å². The summed E-state index contributed by atoms with van der Waals surface area (Å²) >= 11 is 0. The van der Waals surface area contributed by atoms with Crippen LogP contribution in [0.3, 0.4) is 0 Å². The Bertz CT molecular complexity index is 445. The number of hydrazine groups is 1. The quantitative estimate of drug-likeness (QED) is 0.867. The number of fused-ring (bicyclic) bond motifs is 1. The van der Waals surface area contributed by atoms with Gasteiger partial charge in [-0.15, -0.1) is 0 Å². The number of nitrogens with zero attached hydrogens (tertiary/aromatic N) is 2. The van der Waals surface area contributed by atoms with Crippen LogP contribution in [-0.4, -0.2) is 44.9 Å². The van der Waals surface area contributed by atoms with Crippen LogP contribution < -0.4 is 10.3 Å². The van der Waals surface area contributed by atoms with Crippen LogP contribution >= 0.6 is 0 Å². The molecule has 2 aliphatic rings. The Labute approximate surface area is 115 Å². The van der Waals surface area contributed by atoms with Crippen LogP contribution in [-0.2, 0) is 11.3 Å². The molecule has 0 spiro atoms. The molecule has 1 aromatic carbocycles. The molecule has 19 heavy (non-hydrogen) atoms. The van der Waals surface area contributed by atoms with E-state index in [0.717, 1.165) is 45.2 Å². The van der Waals surface area contributed by atoms with Gasteiger partial charge in [-0.05, 0) is 30.0 Å². The number of nitrogens with one attached hydrogen (secondary N) is 1. The second-order valence-electron chi connectivity index (χ2n) is 5.62. The first-order valence-corrected chi connectivity index (χ1v) is 7.09. The van der Waals surface area contributed by atoms with Crippen molar-refractivity contribution >= 4 is 5.69 Å². The summed E-state index contributed by atoms with van der Waals surface area (Å²) in [5.74, 6) is 0.792. The molecule has 2 heterocycles. The first-order valence-electron chi connectivity index (χ1n) is 7.09. The highest BCUT2D eigenvalue weighted by molar-refractivity contribution is 5.57. The lowest BCUT2D eigenvalue weighted by molar-refractivity contribution is 0.154. The number of hydrogen-bond acceptors (Lipinski definition) is 4. The van der Waals surface area contributed by atoms with Crippen LogP contribution in [0.25, 0.3) is 0 Å². The van der Waals surface area contributed by atoms with E-state index < -0.39 is 0 Å². The van der Waals surface area contributed by atoms with Crippen LogP contribution in [0.5, 0.6) is 0 Å². The van der Waals surface area contributed by atoms with Gasteiger partial charge in [-0.2, -0.15) is 0 Å². The summed E-state index contributed by atoms with van der Waals surface area (Å²) in [5.41, 5.74) is 4.13. The van der Waals surface area contributed by atoms with E-state index in [0.29, 0.717) is 0 Å². The minimum atomic E-state index is 0.771. The zero-order valence-corrected chi connectivity index (χ0v) is 11.9. The molecule has 4 heteroatoms. The molecule has 0 bridgehead atoms. The van der Waals surface area contributed by atoms with E-state index in [2.05, 4.69) is 40.5 Å². The number of anilines is 1. The molecule has 1 aromatic rings. The number of rotatable bonds is 5. The van der Waals surface area contributed by atoms with Gasteiger partial charge in [-0.25, -0.2) is 5.01 Å². The number of aryl methyl sites for hydroxylation is 1. The Morgan fingerprint density at radius 1 is 1.37 bits per heavy atom. The second-order valence-corrected chi connectivity index (χ2v) is 5.62. The molecule has 0 radical (unpaired) electrons. The predicted molar refractivity (Wildman–Crippen MR) is 77.2 cm³/mol. The lowest BCUT2D eigenvalue weighted by Crippen LogP contribution is -2.51. The van der Waals surface area contributed by atoms with Gasteiger partial charge in [0.15, 0.2) is 0 Å². The molecule has 0 amide bonds. The van der Waals surface area contributed by atoms with E-state index in [-0.39, 0.29) is 0 Å². The highest BCUT2D eigenvalue weighted by Crippen LogP contribution is 2.32. The van der Waals surface area contributed by atoms with Crippen molar-refractivity contribution in [3.05, 3.63) is 29.3 Å². The third kappa shape index (κ3) is 2.61. The van der Waals surface area contributed by atoms with Gasteiger partial charge in [0.05, 0.1) is 18.8 Å². The molecule has 1 N–H and O–H groups in total. The maximum atomic E-state index is 5.26. The fourth-order valence-corrected chi connectivity index (χ4v) is 2.86. The Kier molecular flexibility index (Phi) is 3.73. The molecule has 4 nitrogen and oxygen atoms in total. The van der Waals surface area contributed by atoms with Crippen molar-refractivity contribution in [1.29, 1.82) is 0 Å². The summed E-state index contributed by atoms with van der Waals surface area (Å²) in [5, 5.41) is 8.24. The summed E-state index contributed by atoms with van der Waals surface area (Å²) < 4.78 is 5.26. The SMILES string of the molecule is COCCN1c2cc(C)ccc2CN1CC1CNC1. The summed E-state index contributed by atoms with van der Waals surface area (Å²) in [6.45, 7) is 8.36. The first-order chi connectivity index (χ1) is 9.28. The molecule has 0 saturated carbocycles. The van der Waals surface area contributed by atoms with Gasteiger partial charge >= 0.3 is 0 Å². The largest absolute Gasteiger partial charge is 0.383 e. The minimum absolute atomic E-state index is 0.771. The molecule has 0 aromatic heterocycles. The summed E-state index contributed by atoms with van der Waals surface area (Å²) in [6, 6.07) is 6.77. The van der Waals surface area contributed by atoms with Crippen molar-refractivity contribution in [2.24, 2.45) is 5.92 Å². The molecule has 0 aliphatic carbocycles. The normalized spacial score (nSPS) is 19.6. The molecule has 2 aliphatic heterocycles. The van der Waals surface area contributed by atoms with Crippen LogP contribution in [0.2, 0.25) is 0 Å². The van der Waals surface area contributed by atoms with Gasteiger partial charge < -0.3 is 15.1 Å². The fraction of sp³-hybridized carbons (Fsp3) is 0.600. The van der Waals surface area contributed by atoms with Crippen molar-refractivity contribution in [3.8, 4) is 0 Å². The van der Waals surface area contributed by atoms with Gasteiger partial charge in [0.25, 0.3) is 0 Å². The topological polar surface area (TPSA) is 27.7 Å². The van der Waals surface area contributed by atoms with Gasteiger partial charge in [0.1, 0.15) is 0 Å². The van der Waals surface area contributed by atoms with Crippen LogP contribution in [0, 0.1) is 12.8 Å². The van der Waals surface area contributed by atoms with Crippen molar-refractivity contribution in [3.63, 3.8) is 0 Å². The molecule has 104 valence electrons. The highest BCUT2D eigenvalue weighted by Gasteiger charge is 2.30. The van der Waals surface area contributed by atoms with E-state index in [4.69, 9.17) is 4.74 Å². The summed E-state index contributed by atoms with van der Waals surface area (Å²) in [6.07, 6.45) is 0. The first kappa shape index (κ1) is 12.9. The average molecular weight is 261 g/mol. The minimum Gasteiger partial charge on any atom is -0.383 e. The molecule has 0 unspecified atom stereocenters. The Hall–Kier alpha value is -1.10. The van der Waals surface area contributed by atoms with E-state index >= 15 is 0 Å². The Morgan fingerprint density at radius 2 is 2.21 bits per heavy atom. The highest BCUT2D eigenvalue weighted by atomic mass is 16.5. The number of benzene rings is 1. The van der Waals surface area contributed by atoms with E-state index in [9.17, 15) is 0 Å². The van der Waals surface area contributed by atoms with E-state index in [1.165, 1.54) is 16.8 Å². The maximum absolute atomic E-state index is 5.26. The second kappa shape index (κ2) is 5.49. The molecule has 1 saturated heterocycles. The number of ether oxygens (including phenoxy) is 1. The maximum Gasteiger partial charge on any atom is 0.0653 e. The number of methoxy groups -OCH3 is 1. The van der Waals surface area contributed by atoms with Crippen molar-refractivity contribution in [1.82, 2.24) is 10.3 Å². The van der Waals surface area contributed by atoms with Gasteiger partial charge in [0, 0.05) is 33.3 Å². The lowest BCUT2D eigenvalue weighted by atomic mass is 10.0. The van der Waals surface area contributed by atoms with E-state index in [1.807, 2.05) is 0 Å². The smallest absolute Gasteiger partial charge is 0.0653 e. The van der Waals surface area contributed by atoms with Crippen molar-refractivity contribution in [2.75, 3.05) is 44.9 Å². The fourth-order valence-electron chi connectivity index (χ4n) is 2.86. The predicted octanol–water partition coefficient (Wildman–Crippen LogP) is 1.40.